The van der Waals surface area contributed by atoms with Crippen molar-refractivity contribution in [1.82, 2.24) is 0 Å². The van der Waals surface area contributed by atoms with E-state index < -0.39 is 0 Å². The van der Waals surface area contributed by atoms with Crippen LogP contribution in [0.4, 0.5) is 0 Å². The van der Waals surface area contributed by atoms with E-state index >= 15 is 0 Å². The quantitative estimate of drug-likeness (QED) is 0.620. The van der Waals surface area contributed by atoms with Crippen LogP contribution in [0.5, 0.6) is 0 Å². The second-order valence-corrected chi connectivity index (χ2v) is 3.24. The van der Waals surface area contributed by atoms with Crippen molar-refractivity contribution >= 4 is 5.57 Å². The van der Waals surface area contributed by atoms with E-state index in [1.807, 2.05) is 0 Å². The third-order valence-corrected chi connectivity index (χ3v) is 2.17. The normalized spacial score (nSPS) is 9.92. The van der Waals surface area contributed by atoms with Crippen molar-refractivity contribution in [1.29, 1.82) is 0 Å². The molecule has 0 aliphatic carbocycles. The van der Waals surface area contributed by atoms with E-state index in [2.05, 4.69) is 45.5 Å². The van der Waals surface area contributed by atoms with Crippen molar-refractivity contribution in [3.05, 3.63) is 41.5 Å². The lowest BCUT2D eigenvalue weighted by molar-refractivity contribution is 1.12. The molecule has 0 amide bonds. The molecule has 0 aliphatic heterocycles. The zero-order chi connectivity index (χ0) is 9.14. The van der Waals surface area contributed by atoms with Crippen molar-refractivity contribution in [2.45, 2.75) is 27.2 Å². The fraction of sp³-hybridized carbons (Fsp3) is 0.333. The highest BCUT2D eigenvalue weighted by Gasteiger charge is 2.03. The largest absolute Gasteiger partial charge is 0.0955 e. The Bertz CT molecular complexity index is 295. The van der Waals surface area contributed by atoms with Gasteiger partial charge < -0.3 is 0 Å². The number of aryl methyl sites for hydroxylation is 2. The highest BCUT2D eigenvalue weighted by atomic mass is 14.1. The molecular weight excluding hydrogens is 144 g/mol. The molecule has 0 aromatic heterocycles. The van der Waals surface area contributed by atoms with Crippen LogP contribution in [0, 0.1) is 6.92 Å². The van der Waals surface area contributed by atoms with Gasteiger partial charge in [-0.05, 0) is 37.0 Å². The van der Waals surface area contributed by atoms with Gasteiger partial charge in [0, 0.05) is 0 Å². The molecule has 0 radical (unpaired) electrons. The minimum absolute atomic E-state index is 1.09. The van der Waals surface area contributed by atoms with Gasteiger partial charge in [-0.1, -0.05) is 37.3 Å². The van der Waals surface area contributed by atoms with Crippen LogP contribution in [0.1, 0.15) is 30.5 Å². The summed E-state index contributed by atoms with van der Waals surface area (Å²) in [5, 5.41) is 0. The Balaban J connectivity index is 3.29. The third-order valence-electron chi connectivity index (χ3n) is 2.17. The topological polar surface area (TPSA) is 0 Å². The molecule has 0 heterocycles. The number of benzene rings is 1. The lowest BCUT2D eigenvalue weighted by atomic mass is 9.95. The van der Waals surface area contributed by atoms with Crippen LogP contribution >= 0.6 is 0 Å². The van der Waals surface area contributed by atoms with Crippen LogP contribution in [-0.4, -0.2) is 0 Å². The van der Waals surface area contributed by atoms with Crippen LogP contribution in [0.3, 0.4) is 0 Å². The van der Waals surface area contributed by atoms with E-state index in [-0.39, 0.29) is 0 Å². The van der Waals surface area contributed by atoms with Gasteiger partial charge in [-0.25, -0.2) is 0 Å². The van der Waals surface area contributed by atoms with E-state index in [0.29, 0.717) is 0 Å². The number of allylic oxidation sites excluding steroid dienone is 1. The number of hydrogen-bond donors (Lipinski definition) is 0. The Labute approximate surface area is 74.9 Å². The lowest BCUT2D eigenvalue weighted by Gasteiger charge is -2.10. The predicted octanol–water partition coefficient (Wildman–Crippen LogP) is 3.59. The molecule has 64 valence electrons. The molecule has 12 heavy (non-hydrogen) atoms. The van der Waals surface area contributed by atoms with Gasteiger partial charge in [-0.2, -0.15) is 0 Å². The molecule has 0 fully saturated rings. The second-order valence-electron chi connectivity index (χ2n) is 3.24. The van der Waals surface area contributed by atoms with E-state index in [1.54, 1.807) is 0 Å². The van der Waals surface area contributed by atoms with Crippen LogP contribution in [0.25, 0.3) is 5.57 Å². The molecule has 1 aromatic carbocycles. The number of rotatable bonds is 2. The summed E-state index contributed by atoms with van der Waals surface area (Å²) in [6, 6.07) is 6.43. The van der Waals surface area contributed by atoms with Gasteiger partial charge in [-0.3, -0.25) is 0 Å². The summed E-state index contributed by atoms with van der Waals surface area (Å²) in [7, 11) is 0. The first-order valence-electron chi connectivity index (χ1n) is 4.41. The minimum atomic E-state index is 1.09. The predicted molar refractivity (Wildman–Crippen MR) is 55.3 cm³/mol. The lowest BCUT2D eigenvalue weighted by Crippen LogP contribution is -1.92. The summed E-state index contributed by atoms with van der Waals surface area (Å²) in [6.45, 7) is 10.4. The van der Waals surface area contributed by atoms with E-state index in [1.165, 1.54) is 22.3 Å². The molecule has 0 saturated heterocycles. The summed E-state index contributed by atoms with van der Waals surface area (Å²) in [5.41, 5.74) is 5.26. The summed E-state index contributed by atoms with van der Waals surface area (Å²) in [6.07, 6.45) is 1.09. The highest BCUT2D eigenvalue weighted by molar-refractivity contribution is 5.67. The van der Waals surface area contributed by atoms with E-state index in [0.717, 1.165) is 6.42 Å². The molecule has 1 aromatic rings. The number of hydrogen-bond acceptors (Lipinski definition) is 0. The van der Waals surface area contributed by atoms with Gasteiger partial charge in [0.15, 0.2) is 0 Å². The minimum Gasteiger partial charge on any atom is -0.0955 e. The molecule has 0 N–H and O–H groups in total. The van der Waals surface area contributed by atoms with Crippen molar-refractivity contribution in [2.24, 2.45) is 0 Å². The maximum absolute atomic E-state index is 3.99. The van der Waals surface area contributed by atoms with E-state index in [4.69, 9.17) is 0 Å². The van der Waals surface area contributed by atoms with Gasteiger partial charge >= 0.3 is 0 Å². The zero-order valence-corrected chi connectivity index (χ0v) is 8.15. The summed E-state index contributed by atoms with van der Waals surface area (Å²) in [4.78, 5) is 0. The second kappa shape index (κ2) is 3.57. The Morgan fingerprint density at radius 3 is 2.50 bits per heavy atom. The monoisotopic (exact) mass is 160 g/mol. The van der Waals surface area contributed by atoms with Gasteiger partial charge in [0.05, 0.1) is 0 Å². The fourth-order valence-electron chi connectivity index (χ4n) is 1.63. The van der Waals surface area contributed by atoms with Gasteiger partial charge in [-0.15, -0.1) is 0 Å². The van der Waals surface area contributed by atoms with Crippen molar-refractivity contribution in [2.75, 3.05) is 0 Å². The van der Waals surface area contributed by atoms with Crippen molar-refractivity contribution in [3.8, 4) is 0 Å². The fourth-order valence-corrected chi connectivity index (χ4v) is 1.63. The molecular formula is C12H16. The first kappa shape index (κ1) is 9.05. The molecule has 1 rings (SSSR count). The Morgan fingerprint density at radius 1 is 1.42 bits per heavy atom. The molecule has 0 unspecified atom stereocenters. The van der Waals surface area contributed by atoms with Crippen molar-refractivity contribution in [3.63, 3.8) is 0 Å². The Morgan fingerprint density at radius 2 is 2.08 bits per heavy atom. The van der Waals surface area contributed by atoms with Gasteiger partial charge in [0.1, 0.15) is 0 Å². The third kappa shape index (κ3) is 1.58. The molecule has 0 nitrogen and oxygen atoms in total. The molecule has 0 aliphatic rings. The molecule has 0 heteroatoms. The maximum Gasteiger partial charge on any atom is -0.0172 e. The SMILES string of the molecule is C=C(C)c1c(C)cccc1CC. The molecule has 0 atom stereocenters. The van der Waals surface area contributed by atoms with Gasteiger partial charge in [0.25, 0.3) is 0 Å². The average Bonchev–Trinajstić information content (AvgIpc) is 2.03. The molecule has 0 saturated carbocycles. The molecule has 0 spiro atoms. The summed E-state index contributed by atoms with van der Waals surface area (Å²) < 4.78 is 0. The van der Waals surface area contributed by atoms with E-state index in [9.17, 15) is 0 Å². The van der Waals surface area contributed by atoms with Crippen LogP contribution in [0.2, 0.25) is 0 Å². The highest BCUT2D eigenvalue weighted by Crippen LogP contribution is 2.21. The van der Waals surface area contributed by atoms with Gasteiger partial charge in [0.2, 0.25) is 0 Å². The Kier molecular flexibility index (Phi) is 2.69. The smallest absolute Gasteiger partial charge is 0.0172 e. The summed E-state index contributed by atoms with van der Waals surface area (Å²) in [5.74, 6) is 0. The zero-order valence-electron chi connectivity index (χ0n) is 8.15. The first-order valence-corrected chi connectivity index (χ1v) is 4.41. The Hall–Kier alpha value is -1.04. The average molecular weight is 160 g/mol. The first-order chi connectivity index (χ1) is 5.66. The van der Waals surface area contributed by atoms with Crippen LogP contribution in [-0.2, 0) is 6.42 Å². The van der Waals surface area contributed by atoms with Crippen LogP contribution < -0.4 is 0 Å². The summed E-state index contributed by atoms with van der Waals surface area (Å²) >= 11 is 0. The maximum atomic E-state index is 3.99. The molecule has 0 bridgehead atoms. The van der Waals surface area contributed by atoms with Crippen LogP contribution in [0.15, 0.2) is 24.8 Å². The van der Waals surface area contributed by atoms with Crippen molar-refractivity contribution < 1.29 is 0 Å². The standard InChI is InChI=1S/C12H16/c1-5-11-8-6-7-10(4)12(11)9(2)3/h6-8H,2,5H2,1,3-4H3.